The van der Waals surface area contributed by atoms with Crippen LogP contribution in [0.25, 0.3) is 0 Å². The minimum Gasteiger partial charge on any atom is -0.478 e. The first-order valence-electron chi connectivity index (χ1n) is 6.99. The third-order valence-electron chi connectivity index (χ3n) is 3.77. The Morgan fingerprint density at radius 2 is 2.00 bits per heavy atom. The molecule has 1 aromatic rings. The average molecular weight is 247 g/mol. The van der Waals surface area contributed by atoms with Gasteiger partial charge in [0.05, 0.1) is 12.3 Å². The van der Waals surface area contributed by atoms with Crippen molar-refractivity contribution >= 4 is 0 Å². The molecule has 1 fully saturated rings. The van der Waals surface area contributed by atoms with Gasteiger partial charge in [-0.05, 0) is 33.2 Å². The lowest BCUT2D eigenvalue weighted by atomic mass is 10.1. The highest BCUT2D eigenvalue weighted by Crippen LogP contribution is 2.39. The lowest BCUT2D eigenvalue weighted by Crippen LogP contribution is -2.20. The van der Waals surface area contributed by atoms with Crippen LogP contribution in [0.1, 0.15) is 42.8 Å². The van der Waals surface area contributed by atoms with E-state index in [1.807, 2.05) is 6.92 Å². The monoisotopic (exact) mass is 247 g/mol. The van der Waals surface area contributed by atoms with E-state index in [-0.39, 0.29) is 0 Å². The molecule has 4 heteroatoms. The van der Waals surface area contributed by atoms with Crippen LogP contribution in [0.15, 0.2) is 0 Å². The lowest BCUT2D eigenvalue weighted by Gasteiger charge is -2.12. The van der Waals surface area contributed by atoms with Crippen LogP contribution >= 0.6 is 0 Å². The Balaban J connectivity index is 1.98. The van der Waals surface area contributed by atoms with Crippen LogP contribution in [0.4, 0.5) is 0 Å². The molecule has 4 nitrogen and oxygen atoms in total. The van der Waals surface area contributed by atoms with Crippen molar-refractivity contribution in [2.24, 2.45) is 0 Å². The van der Waals surface area contributed by atoms with E-state index in [1.165, 1.54) is 24.1 Å². The van der Waals surface area contributed by atoms with Crippen molar-refractivity contribution in [3.05, 3.63) is 17.1 Å². The zero-order chi connectivity index (χ0) is 12.5. The van der Waals surface area contributed by atoms with Crippen molar-refractivity contribution < 1.29 is 4.74 Å². The Kier molecular flexibility index (Phi) is 3.20. The number of hydrogen-bond donors (Lipinski definition) is 0. The van der Waals surface area contributed by atoms with Crippen LogP contribution in [0.3, 0.4) is 0 Å². The molecule has 98 valence electrons. The van der Waals surface area contributed by atoms with E-state index in [9.17, 15) is 0 Å². The highest BCUT2D eigenvalue weighted by atomic mass is 16.5. The molecular formula is C14H21N3O. The fourth-order valence-corrected chi connectivity index (χ4v) is 2.48. The summed E-state index contributed by atoms with van der Waals surface area (Å²) < 4.78 is 5.74. The molecule has 3 rings (SSSR count). The van der Waals surface area contributed by atoms with E-state index in [0.717, 1.165) is 37.6 Å². The number of likely N-dealkylation sites (N-methyl/N-ethyl adjacent to an activating group) is 1. The van der Waals surface area contributed by atoms with Gasteiger partial charge in [-0.1, -0.05) is 0 Å². The van der Waals surface area contributed by atoms with Crippen molar-refractivity contribution in [3.8, 4) is 5.88 Å². The molecule has 18 heavy (non-hydrogen) atoms. The van der Waals surface area contributed by atoms with E-state index >= 15 is 0 Å². The van der Waals surface area contributed by atoms with Gasteiger partial charge in [-0.25, -0.2) is 4.98 Å². The molecule has 0 saturated heterocycles. The van der Waals surface area contributed by atoms with Gasteiger partial charge < -0.3 is 9.64 Å². The normalized spacial score (nSPS) is 20.3. The molecule has 2 heterocycles. The van der Waals surface area contributed by atoms with Gasteiger partial charge in [0.1, 0.15) is 5.82 Å². The number of aromatic nitrogens is 2. The number of nitrogens with zero attached hydrogens (tertiary/aromatic N) is 3. The lowest BCUT2D eigenvalue weighted by molar-refractivity contribution is 0.317. The molecule has 1 aliphatic carbocycles. The first-order chi connectivity index (χ1) is 8.78. The van der Waals surface area contributed by atoms with Crippen LogP contribution in [0.5, 0.6) is 5.88 Å². The molecule has 0 N–H and O–H groups in total. The molecule has 0 radical (unpaired) electrons. The van der Waals surface area contributed by atoms with Crippen LogP contribution in [-0.2, 0) is 12.8 Å². The molecule has 0 aromatic carbocycles. The van der Waals surface area contributed by atoms with Crippen molar-refractivity contribution in [1.29, 1.82) is 0 Å². The van der Waals surface area contributed by atoms with Crippen molar-refractivity contribution in [3.63, 3.8) is 0 Å². The Labute approximate surface area is 108 Å². The average Bonchev–Trinajstić information content (AvgIpc) is 3.18. The summed E-state index contributed by atoms with van der Waals surface area (Å²) >= 11 is 0. The quantitative estimate of drug-likeness (QED) is 0.816. The van der Waals surface area contributed by atoms with Crippen molar-refractivity contribution in [1.82, 2.24) is 14.9 Å². The fraction of sp³-hybridized carbons (Fsp3) is 0.714. The van der Waals surface area contributed by atoms with Crippen LogP contribution in [-0.4, -0.2) is 41.6 Å². The summed E-state index contributed by atoms with van der Waals surface area (Å²) in [6.07, 6.45) is 4.51. The Morgan fingerprint density at radius 1 is 1.22 bits per heavy atom. The Morgan fingerprint density at radius 3 is 2.72 bits per heavy atom. The maximum atomic E-state index is 5.74. The van der Waals surface area contributed by atoms with Gasteiger partial charge in [-0.3, -0.25) is 0 Å². The zero-order valence-electron chi connectivity index (χ0n) is 11.3. The zero-order valence-corrected chi connectivity index (χ0v) is 11.3. The Bertz CT molecular complexity index is 443. The van der Waals surface area contributed by atoms with Crippen LogP contribution in [0.2, 0.25) is 0 Å². The van der Waals surface area contributed by atoms with Gasteiger partial charge >= 0.3 is 0 Å². The van der Waals surface area contributed by atoms with E-state index in [2.05, 4.69) is 16.9 Å². The molecule has 0 spiro atoms. The second-order valence-corrected chi connectivity index (χ2v) is 5.32. The first-order valence-corrected chi connectivity index (χ1v) is 6.99. The predicted octanol–water partition coefficient (Wildman–Crippen LogP) is 1.78. The molecule has 0 bridgehead atoms. The number of hydrogen-bond acceptors (Lipinski definition) is 4. The molecular weight excluding hydrogens is 226 g/mol. The molecule has 0 amide bonds. The predicted molar refractivity (Wildman–Crippen MR) is 70.1 cm³/mol. The first kappa shape index (κ1) is 11.9. The summed E-state index contributed by atoms with van der Waals surface area (Å²) in [6.45, 7) is 4.86. The highest BCUT2D eigenvalue weighted by Gasteiger charge is 2.29. The number of fused-ring (bicyclic) bond motifs is 1. The molecule has 1 aliphatic heterocycles. The summed E-state index contributed by atoms with van der Waals surface area (Å²) in [5.41, 5.74) is 2.46. The third-order valence-corrected chi connectivity index (χ3v) is 3.77. The minimum atomic E-state index is 0.593. The van der Waals surface area contributed by atoms with E-state index in [0.29, 0.717) is 12.5 Å². The molecule has 0 unspecified atom stereocenters. The van der Waals surface area contributed by atoms with Crippen molar-refractivity contribution in [2.75, 3.05) is 26.7 Å². The SMILES string of the molecule is CCOc1nc(C2CC2)nc2c1CCN(C)CC2. The molecule has 1 aromatic heterocycles. The summed E-state index contributed by atoms with van der Waals surface area (Å²) in [7, 11) is 2.17. The van der Waals surface area contributed by atoms with E-state index in [4.69, 9.17) is 9.72 Å². The van der Waals surface area contributed by atoms with Crippen LogP contribution in [0, 0.1) is 0 Å². The van der Waals surface area contributed by atoms with Gasteiger partial charge in [0, 0.05) is 31.0 Å². The second kappa shape index (κ2) is 4.84. The Hall–Kier alpha value is -1.16. The highest BCUT2D eigenvalue weighted by molar-refractivity contribution is 5.34. The van der Waals surface area contributed by atoms with Gasteiger partial charge in [0.25, 0.3) is 0 Å². The van der Waals surface area contributed by atoms with Gasteiger partial charge in [0.15, 0.2) is 0 Å². The largest absolute Gasteiger partial charge is 0.478 e. The minimum absolute atomic E-state index is 0.593. The smallest absolute Gasteiger partial charge is 0.220 e. The van der Waals surface area contributed by atoms with Gasteiger partial charge in [-0.2, -0.15) is 4.98 Å². The molecule has 1 saturated carbocycles. The molecule has 0 atom stereocenters. The maximum absolute atomic E-state index is 5.74. The fourth-order valence-electron chi connectivity index (χ4n) is 2.48. The summed E-state index contributed by atoms with van der Waals surface area (Å²) in [5, 5.41) is 0. The van der Waals surface area contributed by atoms with Crippen LogP contribution < -0.4 is 4.74 Å². The summed E-state index contributed by atoms with van der Waals surface area (Å²) in [5.74, 6) is 2.46. The number of ether oxygens (including phenoxy) is 1. The standard InChI is InChI=1S/C14H21N3O/c1-3-18-14-11-6-8-17(2)9-7-12(11)15-13(16-14)10-4-5-10/h10H,3-9H2,1-2H3. The second-order valence-electron chi connectivity index (χ2n) is 5.32. The summed E-state index contributed by atoms with van der Waals surface area (Å²) in [6, 6.07) is 0. The maximum Gasteiger partial charge on any atom is 0.220 e. The molecule has 2 aliphatic rings. The summed E-state index contributed by atoms with van der Waals surface area (Å²) in [4.78, 5) is 11.8. The third kappa shape index (κ3) is 2.34. The van der Waals surface area contributed by atoms with E-state index < -0.39 is 0 Å². The van der Waals surface area contributed by atoms with Crippen molar-refractivity contribution in [2.45, 2.75) is 38.5 Å². The van der Waals surface area contributed by atoms with Gasteiger partial charge in [0.2, 0.25) is 5.88 Å². The van der Waals surface area contributed by atoms with E-state index in [1.54, 1.807) is 0 Å². The number of rotatable bonds is 3. The van der Waals surface area contributed by atoms with Gasteiger partial charge in [-0.15, -0.1) is 0 Å². The topological polar surface area (TPSA) is 38.3 Å².